The van der Waals surface area contributed by atoms with Gasteiger partial charge in [0.05, 0.1) is 0 Å². The molecule has 1 fully saturated rings. The zero-order valence-corrected chi connectivity index (χ0v) is 14.9. The third kappa shape index (κ3) is 6.66. The minimum atomic E-state index is 0.426. The fourth-order valence-electron chi connectivity index (χ4n) is 3.42. The Morgan fingerprint density at radius 1 is 1.10 bits per heavy atom. The standard InChI is InChI=1S/C18H38N2O/c1-5-11-19-15-18(9-12-21-13-10-18)16-20(8-4)14-17(6-2)7-3/h17,19H,5-16H2,1-4H3. The van der Waals surface area contributed by atoms with Crippen molar-refractivity contribution in [1.82, 2.24) is 10.2 Å². The summed E-state index contributed by atoms with van der Waals surface area (Å²) in [6, 6.07) is 0. The second-order valence-corrected chi connectivity index (χ2v) is 6.80. The van der Waals surface area contributed by atoms with Crippen molar-refractivity contribution < 1.29 is 4.74 Å². The number of ether oxygens (including phenoxy) is 1. The van der Waals surface area contributed by atoms with Gasteiger partial charge in [0.1, 0.15) is 0 Å². The summed E-state index contributed by atoms with van der Waals surface area (Å²) < 4.78 is 5.62. The van der Waals surface area contributed by atoms with Crippen LogP contribution in [0.5, 0.6) is 0 Å². The van der Waals surface area contributed by atoms with Crippen molar-refractivity contribution in [1.29, 1.82) is 0 Å². The van der Waals surface area contributed by atoms with Gasteiger partial charge in [0, 0.05) is 32.8 Å². The molecule has 1 saturated heterocycles. The molecule has 0 amide bonds. The van der Waals surface area contributed by atoms with Crippen LogP contribution in [0.15, 0.2) is 0 Å². The highest BCUT2D eigenvalue weighted by atomic mass is 16.5. The third-order valence-electron chi connectivity index (χ3n) is 5.16. The van der Waals surface area contributed by atoms with Crippen LogP contribution in [-0.4, -0.2) is 50.8 Å². The molecule has 0 unspecified atom stereocenters. The van der Waals surface area contributed by atoms with E-state index < -0.39 is 0 Å². The van der Waals surface area contributed by atoms with Gasteiger partial charge in [0.2, 0.25) is 0 Å². The van der Waals surface area contributed by atoms with E-state index in [0.717, 1.165) is 32.2 Å². The lowest BCUT2D eigenvalue weighted by Gasteiger charge is -2.42. The molecule has 0 saturated carbocycles. The molecule has 0 spiro atoms. The van der Waals surface area contributed by atoms with Gasteiger partial charge in [-0.2, -0.15) is 0 Å². The minimum absolute atomic E-state index is 0.426. The summed E-state index contributed by atoms with van der Waals surface area (Å²) in [5, 5.41) is 3.67. The van der Waals surface area contributed by atoms with Crippen LogP contribution >= 0.6 is 0 Å². The van der Waals surface area contributed by atoms with Crippen LogP contribution in [0, 0.1) is 11.3 Å². The van der Waals surface area contributed by atoms with E-state index in [-0.39, 0.29) is 0 Å². The predicted molar refractivity (Wildman–Crippen MR) is 91.8 cm³/mol. The molecule has 3 nitrogen and oxygen atoms in total. The minimum Gasteiger partial charge on any atom is -0.381 e. The first-order valence-corrected chi connectivity index (χ1v) is 9.20. The van der Waals surface area contributed by atoms with Crippen LogP contribution in [0.1, 0.15) is 59.8 Å². The Bertz CT molecular complexity index is 248. The van der Waals surface area contributed by atoms with Crippen molar-refractivity contribution >= 4 is 0 Å². The second-order valence-electron chi connectivity index (χ2n) is 6.80. The van der Waals surface area contributed by atoms with E-state index in [0.29, 0.717) is 5.41 Å². The summed E-state index contributed by atoms with van der Waals surface area (Å²) in [6.07, 6.45) is 6.25. The maximum Gasteiger partial charge on any atom is 0.0472 e. The lowest BCUT2D eigenvalue weighted by molar-refractivity contribution is -0.00595. The van der Waals surface area contributed by atoms with E-state index in [1.807, 2.05) is 0 Å². The molecular weight excluding hydrogens is 260 g/mol. The summed E-state index contributed by atoms with van der Waals surface area (Å²) in [5.41, 5.74) is 0.426. The van der Waals surface area contributed by atoms with E-state index in [1.54, 1.807) is 0 Å². The van der Waals surface area contributed by atoms with E-state index in [4.69, 9.17) is 4.74 Å². The molecule has 1 aliphatic rings. The summed E-state index contributed by atoms with van der Waals surface area (Å²) in [6.45, 7) is 17.1. The lowest BCUT2D eigenvalue weighted by Crippen LogP contribution is -2.48. The largest absolute Gasteiger partial charge is 0.381 e. The smallest absolute Gasteiger partial charge is 0.0472 e. The molecule has 0 aromatic heterocycles. The number of hydrogen-bond acceptors (Lipinski definition) is 3. The quantitative estimate of drug-likeness (QED) is 0.591. The molecule has 0 aliphatic carbocycles. The fraction of sp³-hybridized carbons (Fsp3) is 1.00. The Hall–Kier alpha value is -0.120. The van der Waals surface area contributed by atoms with Crippen molar-refractivity contribution in [3.63, 3.8) is 0 Å². The highest BCUT2D eigenvalue weighted by Gasteiger charge is 2.34. The Labute approximate surface area is 132 Å². The van der Waals surface area contributed by atoms with Crippen molar-refractivity contribution in [2.24, 2.45) is 11.3 Å². The highest BCUT2D eigenvalue weighted by Crippen LogP contribution is 2.31. The Morgan fingerprint density at radius 2 is 1.76 bits per heavy atom. The normalized spacial score (nSPS) is 18.6. The summed E-state index contributed by atoms with van der Waals surface area (Å²) in [7, 11) is 0. The molecule has 0 aromatic carbocycles. The van der Waals surface area contributed by atoms with Gasteiger partial charge in [-0.25, -0.2) is 0 Å². The zero-order chi connectivity index (χ0) is 15.6. The van der Waals surface area contributed by atoms with E-state index in [2.05, 4.69) is 37.9 Å². The Morgan fingerprint density at radius 3 is 2.29 bits per heavy atom. The predicted octanol–water partition coefficient (Wildman–Crippen LogP) is 3.54. The van der Waals surface area contributed by atoms with Crippen LogP contribution in [0.4, 0.5) is 0 Å². The fourth-order valence-corrected chi connectivity index (χ4v) is 3.42. The van der Waals surface area contributed by atoms with Crippen molar-refractivity contribution in [3.8, 4) is 0 Å². The molecule has 1 heterocycles. The summed E-state index contributed by atoms with van der Waals surface area (Å²) in [4.78, 5) is 2.69. The molecule has 21 heavy (non-hydrogen) atoms. The first-order valence-electron chi connectivity index (χ1n) is 9.20. The van der Waals surface area contributed by atoms with Crippen LogP contribution in [0.2, 0.25) is 0 Å². The first-order chi connectivity index (χ1) is 10.2. The number of rotatable bonds is 11. The molecule has 1 N–H and O–H groups in total. The first kappa shape index (κ1) is 18.9. The molecule has 0 aromatic rings. The van der Waals surface area contributed by atoms with Crippen LogP contribution in [0.3, 0.4) is 0 Å². The number of nitrogens with one attached hydrogen (secondary N) is 1. The molecule has 0 radical (unpaired) electrons. The maximum atomic E-state index is 5.62. The molecule has 126 valence electrons. The van der Waals surface area contributed by atoms with Gasteiger partial charge in [0.15, 0.2) is 0 Å². The van der Waals surface area contributed by atoms with E-state index in [9.17, 15) is 0 Å². The SMILES string of the molecule is CCCNCC1(CN(CC)CC(CC)CC)CCOCC1. The maximum absolute atomic E-state index is 5.62. The van der Waals surface area contributed by atoms with Gasteiger partial charge >= 0.3 is 0 Å². The van der Waals surface area contributed by atoms with Crippen LogP contribution in [-0.2, 0) is 4.74 Å². The van der Waals surface area contributed by atoms with Crippen LogP contribution < -0.4 is 5.32 Å². The average Bonchev–Trinajstić information content (AvgIpc) is 2.52. The van der Waals surface area contributed by atoms with Gasteiger partial charge in [-0.3, -0.25) is 0 Å². The van der Waals surface area contributed by atoms with Crippen molar-refractivity contribution in [3.05, 3.63) is 0 Å². The van der Waals surface area contributed by atoms with Gasteiger partial charge in [-0.15, -0.1) is 0 Å². The zero-order valence-electron chi connectivity index (χ0n) is 14.9. The number of nitrogens with zero attached hydrogens (tertiary/aromatic N) is 1. The van der Waals surface area contributed by atoms with E-state index in [1.165, 1.54) is 51.7 Å². The Kier molecular flexibility index (Phi) is 9.54. The highest BCUT2D eigenvalue weighted by molar-refractivity contribution is 4.87. The van der Waals surface area contributed by atoms with Crippen LogP contribution in [0.25, 0.3) is 0 Å². The molecule has 3 heteroatoms. The molecule has 1 aliphatic heterocycles. The van der Waals surface area contributed by atoms with Gasteiger partial charge in [-0.05, 0) is 43.7 Å². The number of hydrogen-bond donors (Lipinski definition) is 1. The summed E-state index contributed by atoms with van der Waals surface area (Å²) >= 11 is 0. The van der Waals surface area contributed by atoms with Gasteiger partial charge in [0.25, 0.3) is 0 Å². The van der Waals surface area contributed by atoms with Gasteiger partial charge < -0.3 is 15.0 Å². The molecule has 1 rings (SSSR count). The average molecular weight is 299 g/mol. The Balaban J connectivity index is 2.59. The third-order valence-corrected chi connectivity index (χ3v) is 5.16. The van der Waals surface area contributed by atoms with Crippen molar-refractivity contribution in [2.75, 3.05) is 45.9 Å². The molecule has 0 atom stereocenters. The van der Waals surface area contributed by atoms with Crippen molar-refractivity contribution in [2.45, 2.75) is 59.8 Å². The second kappa shape index (κ2) is 10.6. The topological polar surface area (TPSA) is 24.5 Å². The van der Waals surface area contributed by atoms with Gasteiger partial charge in [-0.1, -0.05) is 40.5 Å². The molecule has 0 bridgehead atoms. The lowest BCUT2D eigenvalue weighted by atomic mass is 9.79. The molecular formula is C18H38N2O. The monoisotopic (exact) mass is 298 g/mol. The van der Waals surface area contributed by atoms with E-state index >= 15 is 0 Å². The summed E-state index contributed by atoms with van der Waals surface area (Å²) in [5.74, 6) is 0.852.